The number of nitrogens with zero attached hydrogens (tertiary/aromatic N) is 2. The number of ether oxygens (including phenoxy) is 3. The summed E-state index contributed by atoms with van der Waals surface area (Å²) in [6, 6.07) is 39.8. The summed E-state index contributed by atoms with van der Waals surface area (Å²) >= 11 is 0. The van der Waals surface area contributed by atoms with Gasteiger partial charge in [-0.3, -0.25) is 14.4 Å². The highest BCUT2D eigenvalue weighted by Gasteiger charge is 2.44. The van der Waals surface area contributed by atoms with Crippen molar-refractivity contribution >= 4 is 34.8 Å². The summed E-state index contributed by atoms with van der Waals surface area (Å²) in [6.07, 6.45) is 0.353. The minimum atomic E-state index is -1.14. The summed E-state index contributed by atoms with van der Waals surface area (Å²) in [5.74, 6) is -1.03. The number of Topliss-reactive ketones (excluding diaryl/α,β-unsaturated/α-hetero) is 1. The number of hydrogen-bond donors (Lipinski definition) is 3. The molecular formula is C49H51N5O8. The van der Waals surface area contributed by atoms with Gasteiger partial charge in [0.15, 0.2) is 5.58 Å². The van der Waals surface area contributed by atoms with E-state index in [0.29, 0.717) is 42.8 Å². The SMILES string of the molecule is NCCCC[C@H](NC(=O)[C@@H]1C[C@@H](OCc2ccccc2)CN1C(=O)[C@@H](Cc1ccc(OCc2ccccc2)cc1)NC(=O)OCc1ccccc1)C(=O)c1nc2ccccc2o1. The maximum absolute atomic E-state index is 14.9. The molecule has 7 rings (SSSR count). The Morgan fingerprint density at radius 1 is 0.710 bits per heavy atom. The zero-order valence-corrected chi connectivity index (χ0v) is 34.4. The number of benzene rings is 5. The minimum Gasteiger partial charge on any atom is -0.489 e. The molecule has 320 valence electrons. The third-order valence-corrected chi connectivity index (χ3v) is 10.7. The molecule has 5 aromatic carbocycles. The highest BCUT2D eigenvalue weighted by atomic mass is 16.5. The number of carbonyl (C=O) groups is 4. The maximum Gasteiger partial charge on any atom is 0.408 e. The number of aromatic nitrogens is 1. The number of nitrogens with two attached hydrogens (primary N) is 1. The van der Waals surface area contributed by atoms with Gasteiger partial charge < -0.3 is 39.9 Å². The summed E-state index contributed by atoms with van der Waals surface area (Å²) in [5, 5.41) is 5.72. The Labute approximate surface area is 360 Å². The van der Waals surface area contributed by atoms with Crippen molar-refractivity contribution in [1.82, 2.24) is 20.5 Å². The number of unbranched alkanes of at least 4 members (excludes halogenated alkanes) is 1. The van der Waals surface area contributed by atoms with Crippen LogP contribution in [0.5, 0.6) is 5.75 Å². The molecule has 13 heteroatoms. The monoisotopic (exact) mass is 837 g/mol. The van der Waals surface area contributed by atoms with E-state index in [1.165, 1.54) is 4.90 Å². The first-order valence-electron chi connectivity index (χ1n) is 20.9. The van der Waals surface area contributed by atoms with Crippen LogP contribution in [-0.4, -0.2) is 70.9 Å². The van der Waals surface area contributed by atoms with Crippen LogP contribution in [-0.2, 0) is 45.3 Å². The van der Waals surface area contributed by atoms with E-state index in [1.807, 2.05) is 115 Å². The van der Waals surface area contributed by atoms with Crippen LogP contribution in [0, 0.1) is 0 Å². The molecule has 2 heterocycles. The number of oxazole rings is 1. The van der Waals surface area contributed by atoms with Crippen LogP contribution >= 0.6 is 0 Å². The van der Waals surface area contributed by atoms with Gasteiger partial charge in [0.1, 0.15) is 36.6 Å². The Hall–Kier alpha value is -6.83. The number of amides is 3. The van der Waals surface area contributed by atoms with Crippen molar-refractivity contribution in [1.29, 1.82) is 0 Å². The van der Waals surface area contributed by atoms with E-state index < -0.39 is 47.9 Å². The smallest absolute Gasteiger partial charge is 0.408 e. The molecule has 13 nitrogen and oxygen atoms in total. The van der Waals surface area contributed by atoms with Gasteiger partial charge in [0.05, 0.1) is 18.8 Å². The van der Waals surface area contributed by atoms with E-state index in [1.54, 1.807) is 24.3 Å². The Bertz CT molecular complexity index is 2340. The summed E-state index contributed by atoms with van der Waals surface area (Å²) in [7, 11) is 0. The number of fused-ring (bicyclic) bond motifs is 1. The van der Waals surface area contributed by atoms with Gasteiger partial charge in [-0.05, 0) is 72.3 Å². The minimum absolute atomic E-state index is 0.00909. The van der Waals surface area contributed by atoms with Crippen LogP contribution in [0.25, 0.3) is 11.1 Å². The van der Waals surface area contributed by atoms with Gasteiger partial charge in [0.2, 0.25) is 17.6 Å². The molecule has 0 radical (unpaired) electrons. The maximum atomic E-state index is 14.9. The lowest BCUT2D eigenvalue weighted by atomic mass is 10.0. The van der Waals surface area contributed by atoms with Gasteiger partial charge in [0.25, 0.3) is 5.89 Å². The molecule has 1 saturated heterocycles. The summed E-state index contributed by atoms with van der Waals surface area (Å²) in [5.41, 5.74) is 10.2. The van der Waals surface area contributed by atoms with E-state index in [0.717, 1.165) is 22.3 Å². The lowest BCUT2D eigenvalue weighted by Crippen LogP contribution is -2.56. The molecule has 1 aliphatic heterocycles. The van der Waals surface area contributed by atoms with E-state index >= 15 is 0 Å². The predicted octanol–water partition coefficient (Wildman–Crippen LogP) is 6.93. The zero-order valence-electron chi connectivity index (χ0n) is 34.4. The molecule has 6 aromatic rings. The highest BCUT2D eigenvalue weighted by molar-refractivity contribution is 6.01. The molecule has 3 amide bonds. The van der Waals surface area contributed by atoms with Crippen molar-refractivity contribution in [3.8, 4) is 5.75 Å². The fraction of sp³-hybridized carbons (Fsp3) is 0.286. The Kier molecular flexibility index (Phi) is 15.1. The van der Waals surface area contributed by atoms with Crippen LogP contribution in [0.2, 0.25) is 0 Å². The fourth-order valence-corrected chi connectivity index (χ4v) is 7.36. The Morgan fingerprint density at radius 2 is 1.34 bits per heavy atom. The van der Waals surface area contributed by atoms with Crippen molar-refractivity contribution in [3.05, 3.63) is 168 Å². The van der Waals surface area contributed by atoms with Crippen molar-refractivity contribution < 1.29 is 37.8 Å². The quantitative estimate of drug-likeness (QED) is 0.0541. The lowest BCUT2D eigenvalue weighted by molar-refractivity contribution is -0.140. The van der Waals surface area contributed by atoms with E-state index in [9.17, 15) is 19.2 Å². The third-order valence-electron chi connectivity index (χ3n) is 10.7. The second-order valence-electron chi connectivity index (χ2n) is 15.2. The molecule has 62 heavy (non-hydrogen) atoms. The van der Waals surface area contributed by atoms with Gasteiger partial charge in [0, 0.05) is 19.4 Å². The fourth-order valence-electron chi connectivity index (χ4n) is 7.36. The number of para-hydroxylation sites is 2. The second kappa shape index (κ2) is 21.6. The number of alkyl carbamates (subject to hydrolysis) is 1. The highest BCUT2D eigenvalue weighted by Crippen LogP contribution is 2.26. The molecule has 1 aliphatic rings. The van der Waals surface area contributed by atoms with Crippen LogP contribution in [0.3, 0.4) is 0 Å². The number of nitrogens with one attached hydrogen (secondary N) is 2. The molecule has 4 atom stereocenters. The van der Waals surface area contributed by atoms with Crippen molar-refractivity contribution in [3.63, 3.8) is 0 Å². The Balaban J connectivity index is 1.12. The Morgan fingerprint density at radius 3 is 2.00 bits per heavy atom. The van der Waals surface area contributed by atoms with E-state index in [2.05, 4.69) is 15.6 Å². The van der Waals surface area contributed by atoms with E-state index in [-0.39, 0.29) is 44.9 Å². The average Bonchev–Trinajstić information content (AvgIpc) is 3.95. The second-order valence-corrected chi connectivity index (χ2v) is 15.2. The van der Waals surface area contributed by atoms with Crippen LogP contribution in [0.1, 0.15) is 58.6 Å². The molecule has 0 aliphatic carbocycles. The molecular weight excluding hydrogens is 787 g/mol. The van der Waals surface area contributed by atoms with Gasteiger partial charge in [-0.15, -0.1) is 0 Å². The van der Waals surface area contributed by atoms with Gasteiger partial charge in [-0.1, -0.05) is 115 Å². The number of carbonyl (C=O) groups excluding carboxylic acids is 4. The van der Waals surface area contributed by atoms with Crippen LogP contribution in [0.15, 0.2) is 144 Å². The van der Waals surface area contributed by atoms with Gasteiger partial charge in [-0.25, -0.2) is 9.78 Å². The first-order chi connectivity index (χ1) is 30.3. The number of rotatable bonds is 20. The summed E-state index contributed by atoms with van der Waals surface area (Å²) in [6.45, 7) is 1.10. The van der Waals surface area contributed by atoms with Crippen molar-refractivity contribution in [2.24, 2.45) is 5.73 Å². The zero-order chi connectivity index (χ0) is 43.1. The van der Waals surface area contributed by atoms with Crippen molar-refractivity contribution in [2.45, 2.75) is 76.2 Å². The number of ketones is 1. The average molecular weight is 838 g/mol. The molecule has 1 aromatic heterocycles. The van der Waals surface area contributed by atoms with Gasteiger partial charge in [-0.2, -0.15) is 0 Å². The molecule has 0 saturated carbocycles. The molecule has 1 fully saturated rings. The van der Waals surface area contributed by atoms with Gasteiger partial charge >= 0.3 is 6.09 Å². The van der Waals surface area contributed by atoms with Crippen LogP contribution < -0.4 is 21.1 Å². The van der Waals surface area contributed by atoms with Crippen molar-refractivity contribution in [2.75, 3.05) is 13.1 Å². The first-order valence-corrected chi connectivity index (χ1v) is 20.9. The van der Waals surface area contributed by atoms with E-state index in [4.69, 9.17) is 24.4 Å². The molecule has 0 spiro atoms. The molecule has 0 unspecified atom stereocenters. The number of likely N-dealkylation sites (tertiary alicyclic amines) is 1. The first kappa shape index (κ1) is 43.3. The molecule has 4 N–H and O–H groups in total. The third kappa shape index (κ3) is 11.9. The van der Waals surface area contributed by atoms with Crippen LogP contribution in [0.4, 0.5) is 4.79 Å². The molecule has 0 bridgehead atoms. The number of hydrogen-bond acceptors (Lipinski definition) is 10. The summed E-state index contributed by atoms with van der Waals surface area (Å²) < 4.78 is 23.7. The topological polar surface area (TPSA) is 175 Å². The largest absolute Gasteiger partial charge is 0.489 e. The summed E-state index contributed by atoms with van der Waals surface area (Å²) in [4.78, 5) is 62.5. The standard InChI is InChI=1S/C49H51N5O8/c50-27-13-12-21-41(45(55)47-52-40-20-10-11-22-44(40)62-47)51-46(56)43-29-39(60-32-36-16-6-2-7-17-36)30-54(43)48(57)42(53-49(58)61-33-37-18-8-3-9-19-37)28-34-23-25-38(26-24-34)59-31-35-14-4-1-5-15-35/h1-11,14-20,22-26,39,41-43H,12-13,21,27-33,50H2,(H,51,56)(H,53,58)/t39-,41+,42-,43+/m1/s1. The predicted molar refractivity (Wildman–Crippen MR) is 233 cm³/mol. The lowest BCUT2D eigenvalue weighted by Gasteiger charge is -2.29. The normalized spacial score (nSPS) is 15.7.